The van der Waals surface area contributed by atoms with Crippen LogP contribution in [0.15, 0.2) is 30.3 Å². The highest BCUT2D eigenvalue weighted by Gasteiger charge is 2.32. The molecule has 0 bridgehead atoms. The summed E-state index contributed by atoms with van der Waals surface area (Å²) in [5, 5.41) is 2.66. The van der Waals surface area contributed by atoms with E-state index >= 15 is 0 Å². The molecule has 3 N–H and O–H groups in total. The molecule has 0 spiro atoms. The van der Waals surface area contributed by atoms with E-state index in [4.69, 9.17) is 10.5 Å². The van der Waals surface area contributed by atoms with Gasteiger partial charge in [0.2, 0.25) is 21.8 Å². The molecule has 0 saturated carbocycles. The van der Waals surface area contributed by atoms with Gasteiger partial charge in [-0.1, -0.05) is 30.3 Å². The van der Waals surface area contributed by atoms with Crippen molar-refractivity contribution in [2.75, 3.05) is 44.1 Å². The molecule has 8 nitrogen and oxygen atoms in total. The number of nitrogens with two attached hydrogens (primary N) is 1. The van der Waals surface area contributed by atoms with Gasteiger partial charge in [-0.05, 0) is 30.4 Å². The molecule has 1 aliphatic heterocycles. The zero-order valence-electron chi connectivity index (χ0n) is 16.6. The number of primary amides is 1. The average Bonchev–Trinajstić information content (AvgIpc) is 2.71. The predicted octanol–water partition coefficient (Wildman–Crippen LogP) is 0.231. The number of amides is 2. The van der Waals surface area contributed by atoms with E-state index in [1.165, 1.54) is 4.31 Å². The zero-order valence-corrected chi connectivity index (χ0v) is 18.2. The molecule has 2 atom stereocenters. The molecule has 0 aliphatic carbocycles. The van der Waals surface area contributed by atoms with E-state index in [-0.39, 0.29) is 25.3 Å². The van der Waals surface area contributed by atoms with Crippen LogP contribution in [-0.2, 0) is 30.8 Å². The van der Waals surface area contributed by atoms with Gasteiger partial charge in [0.25, 0.3) is 0 Å². The lowest BCUT2D eigenvalue weighted by atomic mass is 9.99. The summed E-state index contributed by atoms with van der Waals surface area (Å²) in [4.78, 5) is 24.7. The number of sulfonamides is 1. The smallest absolute Gasteiger partial charge is 0.240 e. The molecule has 29 heavy (non-hydrogen) atoms. The van der Waals surface area contributed by atoms with Gasteiger partial charge in [-0.15, -0.1) is 0 Å². The topological polar surface area (TPSA) is 119 Å². The summed E-state index contributed by atoms with van der Waals surface area (Å²) in [7, 11) is -3.65. The van der Waals surface area contributed by atoms with Crippen LogP contribution < -0.4 is 11.1 Å². The third kappa shape index (κ3) is 7.61. The lowest BCUT2D eigenvalue weighted by Gasteiger charge is -2.28. The summed E-state index contributed by atoms with van der Waals surface area (Å²) >= 11 is 1.54. The van der Waals surface area contributed by atoms with Gasteiger partial charge in [-0.25, -0.2) is 8.42 Å². The van der Waals surface area contributed by atoms with Gasteiger partial charge < -0.3 is 15.8 Å². The first kappa shape index (κ1) is 23.7. The van der Waals surface area contributed by atoms with E-state index in [1.807, 2.05) is 36.6 Å². The van der Waals surface area contributed by atoms with Crippen molar-refractivity contribution >= 4 is 33.6 Å². The number of rotatable bonds is 11. The summed E-state index contributed by atoms with van der Waals surface area (Å²) in [6.07, 6.45) is 2.55. The molecule has 1 unspecified atom stereocenters. The van der Waals surface area contributed by atoms with E-state index in [0.29, 0.717) is 25.4 Å². The fourth-order valence-corrected chi connectivity index (χ4v) is 5.29. The Morgan fingerprint density at radius 3 is 2.48 bits per heavy atom. The predicted molar refractivity (Wildman–Crippen MR) is 114 cm³/mol. The van der Waals surface area contributed by atoms with Gasteiger partial charge in [-0.2, -0.15) is 16.1 Å². The van der Waals surface area contributed by atoms with E-state index in [9.17, 15) is 18.0 Å². The van der Waals surface area contributed by atoms with Crippen LogP contribution in [0.25, 0.3) is 0 Å². The number of carbonyl (C=O) groups excluding carboxylic acids is 2. The number of ether oxygens (including phenoxy) is 1. The quantitative estimate of drug-likeness (QED) is 0.505. The van der Waals surface area contributed by atoms with Crippen LogP contribution in [0.1, 0.15) is 12.0 Å². The minimum absolute atomic E-state index is 0.254. The van der Waals surface area contributed by atoms with E-state index in [1.54, 1.807) is 11.8 Å². The van der Waals surface area contributed by atoms with Crippen molar-refractivity contribution in [3.05, 3.63) is 35.9 Å². The lowest BCUT2D eigenvalue weighted by molar-refractivity contribution is -0.129. The van der Waals surface area contributed by atoms with Crippen LogP contribution in [-0.4, -0.2) is 74.6 Å². The molecule has 2 rings (SSSR count). The molecule has 1 aliphatic rings. The van der Waals surface area contributed by atoms with Crippen LogP contribution in [0.3, 0.4) is 0 Å². The zero-order chi connectivity index (χ0) is 21.3. The standard InChI is InChI=1S/C19H29N3O5S2/c1-28-12-7-17(18(20)23)21-19(24)16(13-15-5-3-2-4-6-15)14-29(25,26)22-8-10-27-11-9-22/h2-6,16-17H,7-14H2,1H3,(H2,20,23)(H,21,24)/t16?,17-/m0/s1. The van der Waals surface area contributed by atoms with E-state index in [0.717, 1.165) is 5.56 Å². The molecule has 2 amide bonds. The second-order valence-electron chi connectivity index (χ2n) is 6.92. The van der Waals surface area contributed by atoms with Crippen molar-refractivity contribution in [2.24, 2.45) is 11.7 Å². The van der Waals surface area contributed by atoms with Gasteiger partial charge in [0.05, 0.1) is 24.9 Å². The Morgan fingerprint density at radius 2 is 1.90 bits per heavy atom. The summed E-state index contributed by atoms with van der Waals surface area (Å²) in [6, 6.07) is 8.41. The minimum atomic E-state index is -3.65. The molecule has 1 fully saturated rings. The van der Waals surface area contributed by atoms with Crippen molar-refractivity contribution in [1.29, 1.82) is 0 Å². The van der Waals surface area contributed by atoms with E-state index < -0.39 is 33.8 Å². The van der Waals surface area contributed by atoms with Crippen LogP contribution in [0.5, 0.6) is 0 Å². The second-order valence-corrected chi connectivity index (χ2v) is 9.92. The minimum Gasteiger partial charge on any atom is -0.379 e. The molecule has 10 heteroatoms. The Morgan fingerprint density at radius 1 is 1.24 bits per heavy atom. The first-order valence-corrected chi connectivity index (χ1v) is 12.5. The molecular weight excluding hydrogens is 414 g/mol. The normalized spacial score (nSPS) is 17.4. The fourth-order valence-electron chi connectivity index (χ4n) is 3.12. The van der Waals surface area contributed by atoms with E-state index in [2.05, 4.69) is 5.32 Å². The SMILES string of the molecule is CSCC[C@H](NC(=O)C(Cc1ccccc1)CS(=O)(=O)N1CCOCC1)C(N)=O. The summed E-state index contributed by atoms with van der Waals surface area (Å²) < 4.78 is 32.3. The number of thioether (sulfide) groups is 1. The molecule has 0 radical (unpaired) electrons. The highest BCUT2D eigenvalue weighted by molar-refractivity contribution is 7.98. The number of nitrogens with zero attached hydrogens (tertiary/aromatic N) is 1. The largest absolute Gasteiger partial charge is 0.379 e. The monoisotopic (exact) mass is 443 g/mol. The van der Waals surface area contributed by atoms with Crippen molar-refractivity contribution in [3.63, 3.8) is 0 Å². The van der Waals surface area contributed by atoms with Crippen molar-refractivity contribution in [3.8, 4) is 0 Å². The Balaban J connectivity index is 2.17. The first-order valence-electron chi connectivity index (χ1n) is 9.51. The van der Waals surface area contributed by atoms with Crippen LogP contribution >= 0.6 is 11.8 Å². The Kier molecular flexibility index (Phi) is 9.41. The van der Waals surface area contributed by atoms with Crippen LogP contribution in [0.2, 0.25) is 0 Å². The summed E-state index contributed by atoms with van der Waals surface area (Å²) in [5.41, 5.74) is 6.27. The number of benzene rings is 1. The molecule has 1 aromatic rings. The van der Waals surface area contributed by atoms with Gasteiger partial charge >= 0.3 is 0 Å². The maximum absolute atomic E-state index is 13.0. The molecule has 1 aromatic carbocycles. The molecular formula is C19H29N3O5S2. The first-order chi connectivity index (χ1) is 13.8. The summed E-state index contributed by atoms with van der Waals surface area (Å²) in [6.45, 7) is 1.24. The molecule has 1 heterocycles. The van der Waals surface area contributed by atoms with Crippen LogP contribution in [0, 0.1) is 5.92 Å². The van der Waals surface area contributed by atoms with Gasteiger partial charge in [0, 0.05) is 13.1 Å². The van der Waals surface area contributed by atoms with Gasteiger partial charge in [0.15, 0.2) is 0 Å². The second kappa shape index (κ2) is 11.5. The van der Waals surface area contributed by atoms with Crippen molar-refractivity contribution in [1.82, 2.24) is 9.62 Å². The number of hydrogen-bond acceptors (Lipinski definition) is 6. The summed E-state index contributed by atoms with van der Waals surface area (Å²) in [5.74, 6) is -1.61. The molecule has 1 saturated heterocycles. The Bertz CT molecular complexity index is 767. The molecule has 162 valence electrons. The fraction of sp³-hybridized carbons (Fsp3) is 0.579. The average molecular weight is 444 g/mol. The number of morpholine rings is 1. The molecule has 0 aromatic heterocycles. The number of carbonyl (C=O) groups is 2. The third-order valence-electron chi connectivity index (χ3n) is 4.74. The Hall–Kier alpha value is -1.62. The Labute approximate surface area is 176 Å². The maximum atomic E-state index is 13.0. The highest BCUT2D eigenvalue weighted by Crippen LogP contribution is 2.16. The lowest BCUT2D eigenvalue weighted by Crippen LogP contribution is -2.50. The highest BCUT2D eigenvalue weighted by atomic mass is 32.2. The number of nitrogens with one attached hydrogen (secondary N) is 1. The van der Waals surface area contributed by atoms with Crippen molar-refractivity contribution < 1.29 is 22.7 Å². The maximum Gasteiger partial charge on any atom is 0.240 e. The van der Waals surface area contributed by atoms with Crippen molar-refractivity contribution in [2.45, 2.75) is 18.9 Å². The number of hydrogen-bond donors (Lipinski definition) is 2. The van der Waals surface area contributed by atoms with Crippen LogP contribution in [0.4, 0.5) is 0 Å². The third-order valence-corrected chi connectivity index (χ3v) is 7.36. The van der Waals surface area contributed by atoms with Gasteiger partial charge in [0.1, 0.15) is 6.04 Å². The van der Waals surface area contributed by atoms with Gasteiger partial charge in [-0.3, -0.25) is 9.59 Å².